The van der Waals surface area contributed by atoms with Crippen LogP contribution in [0.4, 0.5) is 11.4 Å². The lowest BCUT2D eigenvalue weighted by atomic mass is 9.96. The molecule has 0 saturated carbocycles. The second-order valence-electron chi connectivity index (χ2n) is 6.89. The maximum Gasteiger partial charge on any atom is 0.271 e. The Kier molecular flexibility index (Phi) is 3.98. The molecular weight excluding hydrogens is 342 g/mol. The summed E-state index contributed by atoms with van der Waals surface area (Å²) in [6.45, 7) is 2.02. The molecule has 0 bridgehead atoms. The minimum atomic E-state index is -1.34. The minimum Gasteiger partial charge on any atom is -0.322 e. The zero-order chi connectivity index (χ0) is 19.2. The number of carbonyl (C=O) groups is 3. The van der Waals surface area contributed by atoms with Gasteiger partial charge in [-0.3, -0.25) is 19.3 Å². The number of amides is 3. The van der Waals surface area contributed by atoms with Gasteiger partial charge in [-0.1, -0.05) is 37.3 Å². The van der Waals surface area contributed by atoms with Crippen molar-refractivity contribution in [3.63, 3.8) is 0 Å². The minimum absolute atomic E-state index is 0.152. The van der Waals surface area contributed by atoms with Crippen LogP contribution in [0.15, 0.2) is 48.5 Å². The molecule has 3 amide bonds. The Bertz CT molecular complexity index is 955. The van der Waals surface area contributed by atoms with E-state index in [1.54, 1.807) is 31.3 Å². The molecule has 2 aliphatic rings. The van der Waals surface area contributed by atoms with E-state index >= 15 is 0 Å². The van der Waals surface area contributed by atoms with Gasteiger partial charge in [0.25, 0.3) is 11.8 Å². The Hall–Kier alpha value is -3.15. The van der Waals surface area contributed by atoms with Crippen molar-refractivity contribution in [3.05, 3.63) is 59.7 Å². The summed E-state index contributed by atoms with van der Waals surface area (Å²) < 4.78 is 0. The molecule has 6 heteroatoms. The second kappa shape index (κ2) is 6.23. The Labute approximate surface area is 157 Å². The highest BCUT2D eigenvalue weighted by Gasteiger charge is 2.59. The zero-order valence-electron chi connectivity index (χ0n) is 15.4. The summed E-state index contributed by atoms with van der Waals surface area (Å²) in [5, 5.41) is 2.97. The molecule has 1 atom stereocenters. The van der Waals surface area contributed by atoms with Crippen LogP contribution in [0.3, 0.4) is 0 Å². The molecule has 2 heterocycles. The third-order valence-electron chi connectivity index (χ3n) is 5.55. The molecule has 1 unspecified atom stereocenters. The number of hydrogen-bond acceptors (Lipinski definition) is 3. The summed E-state index contributed by atoms with van der Waals surface area (Å²) in [6, 6.07) is 14.5. The van der Waals surface area contributed by atoms with E-state index < -0.39 is 5.66 Å². The molecule has 2 aromatic rings. The summed E-state index contributed by atoms with van der Waals surface area (Å²) >= 11 is 0. The van der Waals surface area contributed by atoms with Gasteiger partial charge in [0.2, 0.25) is 11.6 Å². The standard InChI is InChI=1S/C21H21N3O3/c1-3-14-8-4-6-10-16(14)22-20(27)21-13-12-18(25)24(21)17-11-7-5-9-15(17)19(26)23(21)2/h4-11H,3,12-13H2,1-2H3,(H,22,27). The van der Waals surface area contributed by atoms with Crippen LogP contribution in [-0.2, 0) is 16.0 Å². The molecule has 0 aliphatic carbocycles. The first-order valence-electron chi connectivity index (χ1n) is 9.10. The van der Waals surface area contributed by atoms with Crippen LogP contribution in [0, 0.1) is 0 Å². The van der Waals surface area contributed by atoms with Gasteiger partial charge < -0.3 is 10.2 Å². The van der Waals surface area contributed by atoms with Gasteiger partial charge in [0.1, 0.15) is 0 Å². The topological polar surface area (TPSA) is 69.7 Å². The SMILES string of the molecule is CCc1ccccc1NC(=O)C12CCC(=O)N1c1ccccc1C(=O)N2C. The van der Waals surface area contributed by atoms with Crippen LogP contribution in [-0.4, -0.2) is 35.3 Å². The third kappa shape index (κ3) is 2.36. The summed E-state index contributed by atoms with van der Waals surface area (Å²) in [5.74, 6) is -0.768. The fraction of sp³-hybridized carbons (Fsp3) is 0.286. The molecule has 27 heavy (non-hydrogen) atoms. The van der Waals surface area contributed by atoms with E-state index in [-0.39, 0.29) is 30.6 Å². The Morgan fingerprint density at radius 3 is 2.59 bits per heavy atom. The molecule has 138 valence electrons. The predicted molar refractivity (Wildman–Crippen MR) is 102 cm³/mol. The number of carbonyl (C=O) groups excluding carboxylic acids is 3. The number of nitrogens with zero attached hydrogens (tertiary/aromatic N) is 2. The Morgan fingerprint density at radius 2 is 1.81 bits per heavy atom. The highest BCUT2D eigenvalue weighted by Crippen LogP contribution is 2.44. The zero-order valence-corrected chi connectivity index (χ0v) is 15.4. The van der Waals surface area contributed by atoms with Crippen LogP contribution in [0.2, 0.25) is 0 Å². The first-order chi connectivity index (χ1) is 13.0. The average molecular weight is 363 g/mol. The lowest BCUT2D eigenvalue weighted by Gasteiger charge is -2.47. The number of nitrogens with one attached hydrogen (secondary N) is 1. The lowest BCUT2D eigenvalue weighted by Crippen LogP contribution is -2.68. The maximum atomic E-state index is 13.5. The van der Waals surface area contributed by atoms with Gasteiger partial charge in [0.05, 0.1) is 11.3 Å². The van der Waals surface area contributed by atoms with Gasteiger partial charge in [0, 0.05) is 25.6 Å². The van der Waals surface area contributed by atoms with E-state index in [0.717, 1.165) is 12.0 Å². The molecule has 1 N–H and O–H groups in total. The first kappa shape index (κ1) is 17.3. The van der Waals surface area contributed by atoms with Gasteiger partial charge in [-0.25, -0.2) is 0 Å². The molecule has 2 aliphatic heterocycles. The molecule has 2 aromatic carbocycles. The second-order valence-corrected chi connectivity index (χ2v) is 6.89. The van der Waals surface area contributed by atoms with E-state index in [2.05, 4.69) is 5.32 Å². The Morgan fingerprint density at radius 1 is 1.11 bits per heavy atom. The number of likely N-dealkylation sites (N-methyl/N-ethyl adjacent to an activating group) is 1. The largest absolute Gasteiger partial charge is 0.322 e. The van der Waals surface area contributed by atoms with Crippen LogP contribution in [0.5, 0.6) is 0 Å². The van der Waals surface area contributed by atoms with E-state index in [4.69, 9.17) is 0 Å². The van der Waals surface area contributed by atoms with Gasteiger partial charge in [-0.2, -0.15) is 0 Å². The summed E-state index contributed by atoms with van der Waals surface area (Å²) in [7, 11) is 1.59. The van der Waals surface area contributed by atoms with Gasteiger partial charge in [-0.15, -0.1) is 0 Å². The fourth-order valence-electron chi connectivity index (χ4n) is 4.10. The van der Waals surface area contributed by atoms with Crippen molar-refractivity contribution < 1.29 is 14.4 Å². The van der Waals surface area contributed by atoms with Crippen LogP contribution in [0.1, 0.15) is 35.7 Å². The molecule has 1 fully saturated rings. The summed E-state index contributed by atoms with van der Waals surface area (Å²) in [5.41, 5.74) is 1.31. The van der Waals surface area contributed by atoms with E-state index in [0.29, 0.717) is 16.9 Å². The predicted octanol–water partition coefficient (Wildman–Crippen LogP) is 2.80. The van der Waals surface area contributed by atoms with Crippen molar-refractivity contribution >= 4 is 29.1 Å². The van der Waals surface area contributed by atoms with Crippen molar-refractivity contribution in [1.29, 1.82) is 0 Å². The number of hydrogen-bond donors (Lipinski definition) is 1. The van der Waals surface area contributed by atoms with Crippen LogP contribution >= 0.6 is 0 Å². The van der Waals surface area contributed by atoms with Gasteiger partial charge >= 0.3 is 0 Å². The monoisotopic (exact) mass is 363 g/mol. The molecule has 4 rings (SSSR count). The van der Waals surface area contributed by atoms with Crippen LogP contribution < -0.4 is 10.2 Å². The van der Waals surface area contributed by atoms with Crippen molar-refractivity contribution in [3.8, 4) is 0 Å². The molecule has 0 radical (unpaired) electrons. The van der Waals surface area contributed by atoms with Crippen molar-refractivity contribution in [2.45, 2.75) is 31.8 Å². The first-order valence-corrected chi connectivity index (χ1v) is 9.10. The number of aryl methyl sites for hydroxylation is 1. The molecule has 0 spiro atoms. The van der Waals surface area contributed by atoms with E-state index in [1.165, 1.54) is 9.80 Å². The van der Waals surface area contributed by atoms with Crippen molar-refractivity contribution in [1.82, 2.24) is 4.90 Å². The number of para-hydroxylation sites is 2. The quantitative estimate of drug-likeness (QED) is 0.912. The highest BCUT2D eigenvalue weighted by molar-refractivity contribution is 6.18. The number of fused-ring (bicyclic) bond motifs is 3. The highest BCUT2D eigenvalue weighted by atomic mass is 16.2. The smallest absolute Gasteiger partial charge is 0.271 e. The number of benzene rings is 2. The molecule has 0 aromatic heterocycles. The van der Waals surface area contributed by atoms with Crippen LogP contribution in [0.25, 0.3) is 0 Å². The van der Waals surface area contributed by atoms with Crippen molar-refractivity contribution in [2.24, 2.45) is 0 Å². The van der Waals surface area contributed by atoms with E-state index in [9.17, 15) is 14.4 Å². The van der Waals surface area contributed by atoms with E-state index in [1.807, 2.05) is 31.2 Å². The summed E-state index contributed by atoms with van der Waals surface area (Å²) in [6.07, 6.45) is 1.25. The maximum absolute atomic E-state index is 13.5. The molecule has 1 saturated heterocycles. The fourth-order valence-corrected chi connectivity index (χ4v) is 4.10. The number of rotatable bonds is 3. The molecule has 6 nitrogen and oxygen atoms in total. The van der Waals surface area contributed by atoms with Gasteiger partial charge in [0.15, 0.2) is 0 Å². The number of anilines is 2. The third-order valence-corrected chi connectivity index (χ3v) is 5.55. The van der Waals surface area contributed by atoms with Crippen molar-refractivity contribution in [2.75, 3.05) is 17.3 Å². The summed E-state index contributed by atoms with van der Waals surface area (Å²) in [4.78, 5) is 42.0. The lowest BCUT2D eigenvalue weighted by molar-refractivity contribution is -0.128. The van der Waals surface area contributed by atoms with Gasteiger partial charge in [-0.05, 0) is 30.2 Å². The Balaban J connectivity index is 1.81. The average Bonchev–Trinajstić information content (AvgIpc) is 3.05. The normalized spacial score (nSPS) is 21.1. The molecular formula is C21H21N3O3.